The third-order valence-electron chi connectivity index (χ3n) is 2.85. The van der Waals surface area contributed by atoms with Gasteiger partial charge in [0.2, 0.25) is 0 Å². The van der Waals surface area contributed by atoms with E-state index in [2.05, 4.69) is 0 Å². The van der Waals surface area contributed by atoms with Crippen LogP contribution in [0, 0.1) is 0 Å². The summed E-state index contributed by atoms with van der Waals surface area (Å²) in [5.74, 6) is 0.365. The molecule has 0 saturated heterocycles. The molecule has 0 radical (unpaired) electrons. The number of hydrogen-bond donors (Lipinski definition) is 0. The number of fused-ring (bicyclic) bond motifs is 1. The lowest BCUT2D eigenvalue weighted by atomic mass is 10.1. The summed E-state index contributed by atoms with van der Waals surface area (Å²) < 4.78 is 11.7. The van der Waals surface area contributed by atoms with Crippen molar-refractivity contribution in [2.45, 2.75) is 26.4 Å². The molecule has 0 aliphatic rings. The molecule has 0 bridgehead atoms. The van der Waals surface area contributed by atoms with E-state index in [0.717, 1.165) is 0 Å². The van der Waals surface area contributed by atoms with Crippen LogP contribution in [0.5, 0.6) is 5.75 Å². The Bertz CT molecular complexity index is 713. The summed E-state index contributed by atoms with van der Waals surface area (Å²) >= 11 is 6.21. The number of halogens is 1. The molecule has 1 heterocycles. The number of benzene rings is 1. The van der Waals surface area contributed by atoms with Crippen molar-refractivity contribution in [1.82, 2.24) is 4.57 Å². The van der Waals surface area contributed by atoms with E-state index in [1.54, 1.807) is 26.8 Å². The number of hydrogen-bond acceptors (Lipinski definition) is 4. The maximum atomic E-state index is 12.2. The van der Waals surface area contributed by atoms with Crippen LogP contribution in [0.1, 0.15) is 31.1 Å². The van der Waals surface area contributed by atoms with E-state index in [0.29, 0.717) is 33.5 Å². The summed E-state index contributed by atoms with van der Waals surface area (Å²) in [6.45, 7) is 5.33. The van der Waals surface area contributed by atoms with E-state index in [1.807, 2.05) is 0 Å². The Balaban J connectivity index is 2.64. The van der Waals surface area contributed by atoms with E-state index in [9.17, 15) is 9.59 Å². The molecule has 6 heteroatoms. The first kappa shape index (κ1) is 15.4. The second kappa shape index (κ2) is 5.41. The summed E-state index contributed by atoms with van der Waals surface area (Å²) in [6.07, 6.45) is 1.65. The number of carbonyl (C=O) groups is 2. The molecule has 2 rings (SSSR count). The van der Waals surface area contributed by atoms with Crippen molar-refractivity contribution in [3.63, 3.8) is 0 Å². The number of aldehydes is 1. The van der Waals surface area contributed by atoms with Crippen LogP contribution < -0.4 is 4.74 Å². The highest BCUT2D eigenvalue weighted by Crippen LogP contribution is 2.34. The zero-order chi connectivity index (χ0) is 15.8. The van der Waals surface area contributed by atoms with Crippen molar-refractivity contribution >= 4 is 34.9 Å². The van der Waals surface area contributed by atoms with Crippen molar-refractivity contribution < 1.29 is 19.1 Å². The first-order chi connectivity index (χ1) is 9.78. The standard InChI is InChI=1S/C15H16ClNO4/c1-15(2,3)21-14(19)17-6-5-9-10(8-18)12(20-4)7-11(16)13(9)17/h5-8H,1-4H3. The summed E-state index contributed by atoms with van der Waals surface area (Å²) in [5, 5.41) is 0.850. The molecule has 0 N–H and O–H groups in total. The Morgan fingerprint density at radius 1 is 1.38 bits per heavy atom. The molecule has 1 aromatic heterocycles. The molecule has 112 valence electrons. The third-order valence-corrected chi connectivity index (χ3v) is 3.14. The topological polar surface area (TPSA) is 57.5 Å². The first-order valence-electron chi connectivity index (χ1n) is 6.34. The van der Waals surface area contributed by atoms with E-state index in [4.69, 9.17) is 21.1 Å². The van der Waals surface area contributed by atoms with Gasteiger partial charge in [-0.1, -0.05) is 11.6 Å². The smallest absolute Gasteiger partial charge is 0.419 e. The van der Waals surface area contributed by atoms with Gasteiger partial charge in [-0.05, 0) is 26.8 Å². The Kier molecular flexibility index (Phi) is 3.96. The van der Waals surface area contributed by atoms with Crippen LogP contribution in [-0.2, 0) is 4.74 Å². The molecule has 21 heavy (non-hydrogen) atoms. The summed E-state index contributed by atoms with van der Waals surface area (Å²) in [5.41, 5.74) is 0.146. The maximum absolute atomic E-state index is 12.2. The predicted octanol–water partition coefficient (Wildman–Crippen LogP) is 3.90. The summed E-state index contributed by atoms with van der Waals surface area (Å²) in [6, 6.07) is 3.14. The second-order valence-electron chi connectivity index (χ2n) is 5.52. The number of methoxy groups -OCH3 is 1. The Morgan fingerprint density at radius 3 is 2.57 bits per heavy atom. The highest BCUT2D eigenvalue weighted by molar-refractivity contribution is 6.36. The van der Waals surface area contributed by atoms with Crippen LogP contribution in [0.25, 0.3) is 10.9 Å². The molecule has 0 unspecified atom stereocenters. The van der Waals surface area contributed by atoms with Crippen LogP contribution in [0.15, 0.2) is 18.3 Å². The van der Waals surface area contributed by atoms with Gasteiger partial charge in [0, 0.05) is 17.6 Å². The monoisotopic (exact) mass is 309 g/mol. The minimum atomic E-state index is -0.625. The minimum absolute atomic E-state index is 0.309. The van der Waals surface area contributed by atoms with Crippen molar-refractivity contribution in [3.8, 4) is 5.75 Å². The zero-order valence-electron chi connectivity index (χ0n) is 12.3. The van der Waals surface area contributed by atoms with Gasteiger partial charge in [0.15, 0.2) is 6.29 Å². The lowest BCUT2D eigenvalue weighted by Crippen LogP contribution is -2.26. The molecular formula is C15H16ClNO4. The van der Waals surface area contributed by atoms with Gasteiger partial charge in [-0.15, -0.1) is 0 Å². The lowest BCUT2D eigenvalue weighted by Gasteiger charge is -2.20. The average molecular weight is 310 g/mol. The predicted molar refractivity (Wildman–Crippen MR) is 80.5 cm³/mol. The van der Waals surface area contributed by atoms with Crippen LogP contribution in [0.4, 0.5) is 4.79 Å². The fourth-order valence-electron chi connectivity index (χ4n) is 2.04. The van der Waals surface area contributed by atoms with Gasteiger partial charge in [0.1, 0.15) is 11.4 Å². The summed E-state index contributed by atoms with van der Waals surface area (Å²) in [4.78, 5) is 23.5. The number of ether oxygens (including phenoxy) is 2. The molecule has 1 aromatic carbocycles. The third kappa shape index (κ3) is 2.88. The lowest BCUT2D eigenvalue weighted by molar-refractivity contribution is 0.0544. The van der Waals surface area contributed by atoms with Gasteiger partial charge in [-0.2, -0.15) is 0 Å². The SMILES string of the molecule is COc1cc(Cl)c2c(ccn2C(=O)OC(C)(C)C)c1C=O. The largest absolute Gasteiger partial charge is 0.496 e. The van der Waals surface area contributed by atoms with E-state index >= 15 is 0 Å². The van der Waals surface area contributed by atoms with E-state index in [1.165, 1.54) is 23.9 Å². The van der Waals surface area contributed by atoms with Gasteiger partial charge in [0.05, 0.1) is 23.2 Å². The van der Waals surface area contributed by atoms with E-state index < -0.39 is 11.7 Å². The fourth-order valence-corrected chi connectivity index (χ4v) is 2.33. The highest BCUT2D eigenvalue weighted by atomic mass is 35.5. The van der Waals surface area contributed by atoms with Crippen LogP contribution >= 0.6 is 11.6 Å². The average Bonchev–Trinajstić information content (AvgIpc) is 2.81. The fraction of sp³-hybridized carbons (Fsp3) is 0.333. The van der Waals surface area contributed by atoms with E-state index in [-0.39, 0.29) is 0 Å². The second-order valence-corrected chi connectivity index (χ2v) is 5.93. The number of aromatic nitrogens is 1. The number of nitrogens with zero attached hydrogens (tertiary/aromatic N) is 1. The van der Waals surface area contributed by atoms with Gasteiger partial charge in [-0.3, -0.25) is 9.36 Å². The molecule has 0 amide bonds. The zero-order valence-corrected chi connectivity index (χ0v) is 13.0. The van der Waals surface area contributed by atoms with Gasteiger partial charge in [0.25, 0.3) is 0 Å². The molecule has 0 aliphatic carbocycles. The molecule has 0 aliphatic heterocycles. The molecule has 5 nitrogen and oxygen atoms in total. The number of rotatable bonds is 2. The van der Waals surface area contributed by atoms with Gasteiger partial charge >= 0.3 is 6.09 Å². The molecule has 0 spiro atoms. The highest BCUT2D eigenvalue weighted by Gasteiger charge is 2.22. The Hall–Kier alpha value is -2.01. The normalized spacial score (nSPS) is 11.5. The minimum Gasteiger partial charge on any atom is -0.496 e. The molecule has 0 atom stereocenters. The molecular weight excluding hydrogens is 294 g/mol. The molecule has 0 saturated carbocycles. The Morgan fingerprint density at radius 2 is 2.05 bits per heavy atom. The summed E-state index contributed by atoms with van der Waals surface area (Å²) in [7, 11) is 1.45. The molecule has 2 aromatic rings. The van der Waals surface area contributed by atoms with Crippen LogP contribution in [0.3, 0.4) is 0 Å². The maximum Gasteiger partial charge on any atom is 0.419 e. The van der Waals surface area contributed by atoms with Crippen molar-refractivity contribution in [2.24, 2.45) is 0 Å². The van der Waals surface area contributed by atoms with Crippen molar-refractivity contribution in [2.75, 3.05) is 7.11 Å². The quantitative estimate of drug-likeness (QED) is 0.789. The first-order valence-corrected chi connectivity index (χ1v) is 6.72. The van der Waals surface area contributed by atoms with Crippen molar-refractivity contribution in [1.29, 1.82) is 0 Å². The van der Waals surface area contributed by atoms with Gasteiger partial charge in [-0.25, -0.2) is 4.79 Å². The van der Waals surface area contributed by atoms with Crippen LogP contribution in [0.2, 0.25) is 5.02 Å². The number of carbonyl (C=O) groups excluding carboxylic acids is 2. The van der Waals surface area contributed by atoms with Crippen molar-refractivity contribution in [3.05, 3.63) is 28.9 Å². The molecule has 0 fully saturated rings. The Labute approximate surface area is 127 Å². The van der Waals surface area contributed by atoms with Crippen LogP contribution in [-0.4, -0.2) is 29.7 Å². The van der Waals surface area contributed by atoms with Gasteiger partial charge < -0.3 is 9.47 Å².